The highest BCUT2D eigenvalue weighted by atomic mass is 19.4. The fraction of sp³-hybridized carbons (Fsp3) is 0.533. The Morgan fingerprint density at radius 1 is 1.25 bits per heavy atom. The number of nitrogens with one attached hydrogen (secondary N) is 1. The van der Waals surface area contributed by atoms with Gasteiger partial charge in [0.2, 0.25) is 0 Å². The van der Waals surface area contributed by atoms with Crippen molar-refractivity contribution >= 4 is 11.5 Å². The van der Waals surface area contributed by atoms with Crippen molar-refractivity contribution in [3.8, 4) is 0 Å². The summed E-state index contributed by atoms with van der Waals surface area (Å²) in [6.45, 7) is 5.44. The Hall–Kier alpha value is -2.16. The van der Waals surface area contributed by atoms with Crippen molar-refractivity contribution in [1.29, 1.82) is 0 Å². The molecular weight excluding hydrogens is 323 g/mol. The maximum atomic E-state index is 13.0. The Balaban J connectivity index is 1.84. The van der Waals surface area contributed by atoms with Gasteiger partial charge in [0.05, 0.1) is 13.2 Å². The van der Waals surface area contributed by atoms with Gasteiger partial charge in [0.15, 0.2) is 5.65 Å². The molecule has 3 rings (SSSR count). The smallest absolute Gasteiger partial charge is 0.377 e. The van der Waals surface area contributed by atoms with E-state index in [4.69, 9.17) is 4.74 Å². The molecule has 0 atom stereocenters. The second kappa shape index (κ2) is 6.39. The first-order valence-corrected chi connectivity index (χ1v) is 7.67. The normalized spacial score (nSPS) is 15.6. The lowest BCUT2D eigenvalue weighted by molar-refractivity contribution is -0.146. The Kier molecular flexibility index (Phi) is 4.44. The minimum absolute atomic E-state index is 0.123. The number of alkyl halides is 3. The Morgan fingerprint density at radius 3 is 2.71 bits per heavy atom. The van der Waals surface area contributed by atoms with Crippen molar-refractivity contribution in [3.63, 3.8) is 0 Å². The molecule has 0 saturated carbocycles. The number of ether oxygens (including phenoxy) is 1. The van der Waals surface area contributed by atoms with Crippen molar-refractivity contribution in [2.75, 3.05) is 25.1 Å². The van der Waals surface area contributed by atoms with Crippen LogP contribution in [0.3, 0.4) is 0 Å². The molecule has 0 spiro atoms. The first-order valence-electron chi connectivity index (χ1n) is 7.67. The zero-order valence-electron chi connectivity index (χ0n) is 13.4. The number of hydrogen-bond acceptors (Lipinski definition) is 5. The minimum Gasteiger partial charge on any atom is -0.377 e. The van der Waals surface area contributed by atoms with E-state index in [2.05, 4.69) is 20.6 Å². The summed E-state index contributed by atoms with van der Waals surface area (Å²) in [7, 11) is 0. The Morgan fingerprint density at radius 2 is 2.04 bits per heavy atom. The summed E-state index contributed by atoms with van der Waals surface area (Å²) in [5.74, 6) is -0.700. The first kappa shape index (κ1) is 16.7. The molecule has 0 fully saturated rings. The Labute approximate surface area is 136 Å². The van der Waals surface area contributed by atoms with Crippen LogP contribution in [0.1, 0.15) is 29.8 Å². The lowest BCUT2D eigenvalue weighted by atomic mass is 10.1. The molecule has 130 valence electrons. The van der Waals surface area contributed by atoms with Crippen molar-refractivity contribution in [1.82, 2.24) is 19.8 Å². The average molecular weight is 341 g/mol. The fourth-order valence-corrected chi connectivity index (χ4v) is 2.61. The van der Waals surface area contributed by atoms with Crippen LogP contribution in [0.25, 0.3) is 5.65 Å². The van der Waals surface area contributed by atoms with Gasteiger partial charge in [-0.25, -0.2) is 0 Å². The zero-order valence-corrected chi connectivity index (χ0v) is 13.4. The standard InChI is InChI=1S/C15H18F3N5O/c1-9-10(2)13-20-21-14(15(16,17)18)23(13)22-12(9)19-6-3-11-4-7-24-8-5-11/h4H,3,5-8H2,1-2H3,(H,19,22). The molecule has 0 aromatic carbocycles. The van der Waals surface area contributed by atoms with Gasteiger partial charge in [-0.05, 0) is 32.3 Å². The number of aryl methyl sites for hydroxylation is 1. The lowest BCUT2D eigenvalue weighted by Gasteiger charge is -2.15. The predicted octanol–water partition coefficient (Wildman–Crippen LogP) is 2.91. The van der Waals surface area contributed by atoms with E-state index in [1.165, 1.54) is 5.57 Å². The van der Waals surface area contributed by atoms with E-state index in [1.807, 2.05) is 6.08 Å². The van der Waals surface area contributed by atoms with Crippen LogP contribution >= 0.6 is 0 Å². The molecule has 24 heavy (non-hydrogen) atoms. The number of anilines is 1. The molecule has 0 unspecified atom stereocenters. The number of hydrogen-bond donors (Lipinski definition) is 1. The van der Waals surface area contributed by atoms with Crippen LogP contribution in [0, 0.1) is 13.8 Å². The van der Waals surface area contributed by atoms with Gasteiger partial charge in [0.25, 0.3) is 5.82 Å². The third-order valence-corrected chi connectivity index (χ3v) is 4.14. The first-order chi connectivity index (χ1) is 11.4. The molecule has 2 aromatic heterocycles. The highest BCUT2D eigenvalue weighted by Gasteiger charge is 2.38. The molecule has 3 heterocycles. The largest absolute Gasteiger partial charge is 0.453 e. The van der Waals surface area contributed by atoms with Crippen molar-refractivity contribution in [2.45, 2.75) is 32.9 Å². The highest BCUT2D eigenvalue weighted by molar-refractivity contribution is 5.58. The van der Waals surface area contributed by atoms with Crippen LogP contribution in [-0.2, 0) is 10.9 Å². The predicted molar refractivity (Wildman–Crippen MR) is 81.9 cm³/mol. The van der Waals surface area contributed by atoms with Gasteiger partial charge < -0.3 is 10.1 Å². The zero-order chi connectivity index (χ0) is 17.3. The summed E-state index contributed by atoms with van der Waals surface area (Å²) in [6.07, 6.45) is -0.870. The molecule has 6 nitrogen and oxygen atoms in total. The van der Waals surface area contributed by atoms with E-state index in [-0.39, 0.29) is 5.65 Å². The van der Waals surface area contributed by atoms with Crippen molar-refractivity contribution < 1.29 is 17.9 Å². The van der Waals surface area contributed by atoms with Gasteiger partial charge in [-0.15, -0.1) is 15.3 Å². The number of aromatic nitrogens is 4. The van der Waals surface area contributed by atoms with Crippen LogP contribution < -0.4 is 5.32 Å². The van der Waals surface area contributed by atoms with Crippen LogP contribution in [0.4, 0.5) is 19.0 Å². The van der Waals surface area contributed by atoms with Crippen LogP contribution in [0.5, 0.6) is 0 Å². The van der Waals surface area contributed by atoms with Crippen LogP contribution in [0.15, 0.2) is 11.6 Å². The molecule has 1 N–H and O–H groups in total. The molecular formula is C15H18F3N5O. The molecule has 0 radical (unpaired) electrons. The summed E-state index contributed by atoms with van der Waals surface area (Å²) in [5, 5.41) is 14.0. The van der Waals surface area contributed by atoms with Gasteiger partial charge in [-0.2, -0.15) is 17.7 Å². The van der Waals surface area contributed by atoms with E-state index in [0.717, 1.165) is 22.9 Å². The molecule has 9 heteroatoms. The summed E-state index contributed by atoms with van der Waals surface area (Å²) in [4.78, 5) is 0. The van der Waals surface area contributed by atoms with Crippen LogP contribution in [-0.4, -0.2) is 39.6 Å². The number of halogens is 3. The number of nitrogens with zero attached hydrogens (tertiary/aromatic N) is 4. The fourth-order valence-electron chi connectivity index (χ4n) is 2.61. The highest BCUT2D eigenvalue weighted by Crippen LogP contribution is 2.29. The monoisotopic (exact) mass is 341 g/mol. The third kappa shape index (κ3) is 3.21. The van der Waals surface area contributed by atoms with Gasteiger partial charge in [0.1, 0.15) is 5.82 Å². The average Bonchev–Trinajstić information content (AvgIpc) is 2.97. The van der Waals surface area contributed by atoms with Crippen molar-refractivity contribution in [3.05, 3.63) is 28.6 Å². The van der Waals surface area contributed by atoms with Crippen LogP contribution in [0.2, 0.25) is 0 Å². The summed E-state index contributed by atoms with van der Waals surface area (Å²) in [6, 6.07) is 0. The topological polar surface area (TPSA) is 64.3 Å². The van der Waals surface area contributed by atoms with E-state index in [1.54, 1.807) is 13.8 Å². The quantitative estimate of drug-likeness (QED) is 0.867. The maximum Gasteiger partial charge on any atom is 0.453 e. The van der Waals surface area contributed by atoms with E-state index >= 15 is 0 Å². The van der Waals surface area contributed by atoms with E-state index < -0.39 is 12.0 Å². The molecule has 0 amide bonds. The second-order valence-corrected chi connectivity index (χ2v) is 5.72. The minimum atomic E-state index is -4.60. The lowest BCUT2D eigenvalue weighted by Crippen LogP contribution is -2.16. The van der Waals surface area contributed by atoms with Gasteiger partial charge in [-0.3, -0.25) is 0 Å². The number of rotatable bonds is 4. The molecule has 0 bridgehead atoms. The van der Waals surface area contributed by atoms with Gasteiger partial charge in [-0.1, -0.05) is 11.6 Å². The third-order valence-electron chi connectivity index (χ3n) is 4.14. The van der Waals surface area contributed by atoms with Gasteiger partial charge >= 0.3 is 6.18 Å². The maximum absolute atomic E-state index is 13.0. The SMILES string of the molecule is Cc1c(NCCC2=CCOCC2)nn2c(C(F)(F)F)nnc2c1C. The molecule has 1 aliphatic rings. The molecule has 1 aliphatic heterocycles. The molecule has 0 saturated heterocycles. The van der Waals surface area contributed by atoms with E-state index in [9.17, 15) is 13.2 Å². The second-order valence-electron chi connectivity index (χ2n) is 5.72. The summed E-state index contributed by atoms with van der Waals surface area (Å²) >= 11 is 0. The van der Waals surface area contributed by atoms with E-state index in [0.29, 0.717) is 31.1 Å². The number of fused-ring (bicyclic) bond motifs is 1. The Bertz CT molecular complexity index is 781. The summed E-state index contributed by atoms with van der Waals surface area (Å²) in [5.41, 5.74) is 2.80. The molecule has 0 aliphatic carbocycles. The van der Waals surface area contributed by atoms with Crippen molar-refractivity contribution in [2.24, 2.45) is 0 Å². The van der Waals surface area contributed by atoms with Gasteiger partial charge in [0, 0.05) is 12.1 Å². The molecule has 2 aromatic rings. The summed E-state index contributed by atoms with van der Waals surface area (Å²) < 4.78 is 45.0.